The highest BCUT2D eigenvalue weighted by Crippen LogP contribution is 2.31. The normalized spacial score (nSPS) is 31.5. The van der Waals surface area contributed by atoms with Gasteiger partial charge in [0.15, 0.2) is 0 Å². The first-order valence-corrected chi connectivity index (χ1v) is 6.54. The minimum Gasteiger partial charge on any atom is -0.480 e. The van der Waals surface area contributed by atoms with Crippen LogP contribution in [0.4, 0.5) is 0 Å². The number of hydrogen-bond acceptors (Lipinski definition) is 4. The highest BCUT2D eigenvalue weighted by molar-refractivity contribution is 5.83. The van der Waals surface area contributed by atoms with E-state index in [1.807, 2.05) is 12.2 Å². The van der Waals surface area contributed by atoms with Crippen LogP contribution in [0.25, 0.3) is 0 Å². The van der Waals surface area contributed by atoms with E-state index in [9.17, 15) is 9.59 Å². The van der Waals surface area contributed by atoms with Gasteiger partial charge < -0.3 is 21.7 Å². The standard InChI is InChI=1S/C15H18N2O4/c16-14(12(18)19)5-1-3-10(8-14)7-11-4-2-6-15(17,9-11)13(20)21/h1-6H,7-9,16-17H2,(H,18,19)(H,20,21). The van der Waals surface area contributed by atoms with Gasteiger partial charge in [0.05, 0.1) is 0 Å². The van der Waals surface area contributed by atoms with Crippen molar-refractivity contribution < 1.29 is 19.8 Å². The van der Waals surface area contributed by atoms with Gasteiger partial charge in [-0.3, -0.25) is 0 Å². The minimum atomic E-state index is -1.40. The molecule has 0 bridgehead atoms. The van der Waals surface area contributed by atoms with Crippen LogP contribution in [0.15, 0.2) is 47.6 Å². The number of aliphatic carboxylic acids is 2. The summed E-state index contributed by atoms with van der Waals surface area (Å²) in [5.74, 6) is -2.17. The van der Waals surface area contributed by atoms with E-state index in [0.717, 1.165) is 11.1 Å². The van der Waals surface area contributed by atoms with Gasteiger partial charge in [0.25, 0.3) is 0 Å². The molecule has 2 aliphatic carbocycles. The van der Waals surface area contributed by atoms with Gasteiger partial charge in [0.2, 0.25) is 0 Å². The average Bonchev–Trinajstić information content (AvgIpc) is 2.38. The van der Waals surface area contributed by atoms with E-state index in [4.69, 9.17) is 21.7 Å². The molecule has 0 radical (unpaired) electrons. The number of nitrogens with two attached hydrogens (primary N) is 2. The van der Waals surface area contributed by atoms with E-state index in [-0.39, 0.29) is 12.8 Å². The first-order valence-electron chi connectivity index (χ1n) is 6.54. The van der Waals surface area contributed by atoms with E-state index in [2.05, 4.69) is 0 Å². The predicted molar refractivity (Wildman–Crippen MR) is 77.4 cm³/mol. The molecule has 0 heterocycles. The lowest BCUT2D eigenvalue weighted by molar-refractivity contribution is -0.142. The predicted octanol–water partition coefficient (Wildman–Crippen LogP) is 0.713. The molecular formula is C15H18N2O4. The number of hydrogen-bond donors (Lipinski definition) is 4. The lowest BCUT2D eigenvalue weighted by atomic mass is 9.81. The smallest absolute Gasteiger partial charge is 0.328 e. The molecule has 0 saturated heterocycles. The number of rotatable bonds is 4. The maximum absolute atomic E-state index is 11.2. The summed E-state index contributed by atoms with van der Waals surface area (Å²) in [4.78, 5) is 22.4. The second kappa shape index (κ2) is 5.31. The Morgan fingerprint density at radius 3 is 1.67 bits per heavy atom. The summed E-state index contributed by atoms with van der Waals surface area (Å²) in [6, 6.07) is 0. The van der Waals surface area contributed by atoms with E-state index in [1.165, 1.54) is 12.2 Å². The molecule has 0 amide bonds. The monoisotopic (exact) mass is 290 g/mol. The average molecular weight is 290 g/mol. The van der Waals surface area contributed by atoms with Gasteiger partial charge in [-0.1, -0.05) is 47.6 Å². The van der Waals surface area contributed by atoms with Crippen molar-refractivity contribution in [3.05, 3.63) is 47.6 Å². The van der Waals surface area contributed by atoms with E-state index >= 15 is 0 Å². The minimum absolute atomic E-state index is 0.199. The molecular weight excluding hydrogens is 272 g/mol. The second-order valence-electron chi connectivity index (χ2n) is 5.59. The molecule has 6 N–H and O–H groups in total. The Bertz CT molecular complexity index is 551. The summed E-state index contributed by atoms with van der Waals surface area (Å²) in [6.07, 6.45) is 10.6. The van der Waals surface area contributed by atoms with Crippen molar-refractivity contribution in [2.75, 3.05) is 0 Å². The third-order valence-electron chi connectivity index (χ3n) is 3.74. The van der Waals surface area contributed by atoms with Gasteiger partial charge in [-0.05, 0) is 6.42 Å². The zero-order chi connectivity index (χ0) is 15.7. The Hall–Kier alpha value is -2.18. The lowest BCUT2D eigenvalue weighted by Gasteiger charge is -2.28. The van der Waals surface area contributed by atoms with Crippen molar-refractivity contribution in [3.8, 4) is 0 Å². The van der Waals surface area contributed by atoms with Crippen LogP contribution in [-0.2, 0) is 9.59 Å². The Balaban J connectivity index is 2.10. The summed E-state index contributed by atoms with van der Waals surface area (Å²) in [5, 5.41) is 18.3. The van der Waals surface area contributed by atoms with Gasteiger partial charge in [0.1, 0.15) is 11.1 Å². The van der Waals surface area contributed by atoms with Crippen LogP contribution < -0.4 is 11.5 Å². The van der Waals surface area contributed by atoms with Crippen LogP contribution >= 0.6 is 0 Å². The Kier molecular flexibility index (Phi) is 3.85. The number of carboxylic acid groups (broad SMARTS) is 2. The number of carbonyl (C=O) groups is 2. The summed E-state index contributed by atoms with van der Waals surface area (Å²) in [5.41, 5.74) is 10.5. The van der Waals surface area contributed by atoms with Crippen LogP contribution in [-0.4, -0.2) is 33.2 Å². The van der Waals surface area contributed by atoms with Gasteiger partial charge in [-0.15, -0.1) is 0 Å². The van der Waals surface area contributed by atoms with Crippen LogP contribution in [0, 0.1) is 0 Å². The number of carboxylic acids is 2. The third kappa shape index (κ3) is 3.12. The fourth-order valence-electron chi connectivity index (χ4n) is 2.53. The molecule has 2 unspecified atom stereocenters. The fourth-order valence-corrected chi connectivity index (χ4v) is 2.53. The first kappa shape index (κ1) is 15.2. The first-order chi connectivity index (χ1) is 9.75. The molecule has 0 fully saturated rings. The number of allylic oxidation sites excluding steroid dienone is 4. The second-order valence-corrected chi connectivity index (χ2v) is 5.59. The van der Waals surface area contributed by atoms with Crippen molar-refractivity contribution in [2.45, 2.75) is 30.3 Å². The van der Waals surface area contributed by atoms with Crippen molar-refractivity contribution in [1.29, 1.82) is 0 Å². The van der Waals surface area contributed by atoms with Gasteiger partial charge in [-0.25, -0.2) is 9.59 Å². The summed E-state index contributed by atoms with van der Waals surface area (Å²) in [6.45, 7) is 0. The van der Waals surface area contributed by atoms with E-state index in [1.54, 1.807) is 12.2 Å². The highest BCUT2D eigenvalue weighted by Gasteiger charge is 2.36. The molecule has 6 heteroatoms. The Morgan fingerprint density at radius 1 is 0.952 bits per heavy atom. The molecule has 0 aliphatic heterocycles. The van der Waals surface area contributed by atoms with Gasteiger partial charge in [0, 0.05) is 12.8 Å². The van der Waals surface area contributed by atoms with Crippen LogP contribution in [0.1, 0.15) is 19.3 Å². The van der Waals surface area contributed by atoms with E-state index in [0.29, 0.717) is 6.42 Å². The largest absolute Gasteiger partial charge is 0.480 e. The maximum Gasteiger partial charge on any atom is 0.328 e. The molecule has 2 atom stereocenters. The molecule has 2 aliphatic rings. The molecule has 6 nitrogen and oxygen atoms in total. The van der Waals surface area contributed by atoms with Crippen molar-refractivity contribution in [2.24, 2.45) is 11.5 Å². The molecule has 0 aromatic heterocycles. The molecule has 112 valence electrons. The SMILES string of the molecule is NC1(C(=O)O)C=CC=C(CC2=CC=CC(N)(C(=O)O)C2)C1. The quantitative estimate of drug-likeness (QED) is 0.604. The van der Waals surface area contributed by atoms with Crippen LogP contribution in [0.5, 0.6) is 0 Å². The zero-order valence-corrected chi connectivity index (χ0v) is 11.5. The molecule has 2 rings (SSSR count). The molecule has 0 saturated carbocycles. The topological polar surface area (TPSA) is 127 Å². The molecule has 0 spiro atoms. The highest BCUT2D eigenvalue weighted by atomic mass is 16.4. The molecule has 0 aromatic carbocycles. The van der Waals surface area contributed by atoms with E-state index < -0.39 is 23.0 Å². The third-order valence-corrected chi connectivity index (χ3v) is 3.74. The van der Waals surface area contributed by atoms with Gasteiger partial charge in [-0.2, -0.15) is 0 Å². The summed E-state index contributed by atoms with van der Waals surface area (Å²) < 4.78 is 0. The Morgan fingerprint density at radius 2 is 1.33 bits per heavy atom. The van der Waals surface area contributed by atoms with Crippen LogP contribution in [0.3, 0.4) is 0 Å². The van der Waals surface area contributed by atoms with Gasteiger partial charge >= 0.3 is 11.9 Å². The lowest BCUT2D eigenvalue weighted by Crippen LogP contribution is -2.48. The van der Waals surface area contributed by atoms with Crippen molar-refractivity contribution >= 4 is 11.9 Å². The fraction of sp³-hybridized carbons (Fsp3) is 0.333. The summed E-state index contributed by atoms with van der Waals surface area (Å²) >= 11 is 0. The van der Waals surface area contributed by atoms with Crippen molar-refractivity contribution in [3.63, 3.8) is 0 Å². The molecule has 21 heavy (non-hydrogen) atoms. The maximum atomic E-state index is 11.2. The van der Waals surface area contributed by atoms with Crippen LogP contribution in [0.2, 0.25) is 0 Å². The molecule has 0 aromatic rings. The van der Waals surface area contributed by atoms with Crippen molar-refractivity contribution in [1.82, 2.24) is 0 Å². The Labute approximate surface area is 122 Å². The summed E-state index contributed by atoms with van der Waals surface area (Å²) in [7, 11) is 0. The zero-order valence-electron chi connectivity index (χ0n) is 11.5.